The summed E-state index contributed by atoms with van der Waals surface area (Å²) in [5.74, 6) is 0.467. The maximum atomic E-state index is 12.2. The van der Waals surface area contributed by atoms with Gasteiger partial charge in [-0.25, -0.2) is 9.78 Å². The van der Waals surface area contributed by atoms with Gasteiger partial charge in [-0.15, -0.1) is 0 Å². The van der Waals surface area contributed by atoms with Gasteiger partial charge in [-0.3, -0.25) is 5.10 Å². The number of allylic oxidation sites excluding steroid dienone is 1. The number of methoxy groups -OCH3 is 1. The monoisotopic (exact) mass is 398 g/mol. The molecule has 2 aromatic heterocycles. The average Bonchev–Trinajstić information content (AvgIpc) is 3.39. The number of anilines is 3. The van der Waals surface area contributed by atoms with Gasteiger partial charge in [0.05, 0.1) is 24.4 Å². The number of aromatic nitrogens is 4. The highest BCUT2D eigenvalue weighted by molar-refractivity contribution is 6.04. The van der Waals surface area contributed by atoms with Crippen LogP contribution >= 0.6 is 0 Å². The van der Waals surface area contributed by atoms with Gasteiger partial charge in [0.25, 0.3) is 0 Å². The molecule has 0 spiro atoms. The molecule has 8 nitrogen and oxygen atoms in total. The summed E-state index contributed by atoms with van der Waals surface area (Å²) in [5.41, 5.74) is 12.1. The first-order valence-corrected chi connectivity index (χ1v) is 9.36. The highest BCUT2D eigenvalue weighted by atomic mass is 16.5. The van der Waals surface area contributed by atoms with E-state index in [1.165, 1.54) is 7.11 Å². The summed E-state index contributed by atoms with van der Waals surface area (Å²) in [4.78, 5) is 20.3. The molecule has 148 valence electrons. The van der Waals surface area contributed by atoms with E-state index in [1.807, 2.05) is 30.3 Å². The molecule has 2 aromatic carbocycles. The van der Waals surface area contributed by atoms with Crippen LogP contribution < -0.4 is 11.1 Å². The number of nitrogens with one attached hydrogen (secondary N) is 2. The molecule has 1 aliphatic rings. The number of esters is 1. The molecule has 4 N–H and O–H groups in total. The second-order valence-electron chi connectivity index (χ2n) is 7.00. The van der Waals surface area contributed by atoms with Crippen molar-refractivity contribution in [2.45, 2.75) is 6.42 Å². The first-order chi connectivity index (χ1) is 14.6. The maximum absolute atomic E-state index is 12.2. The molecule has 0 atom stereocenters. The maximum Gasteiger partial charge on any atom is 0.338 e. The highest BCUT2D eigenvalue weighted by Gasteiger charge is 2.22. The fraction of sp³-hybridized carbons (Fsp3) is 0.0909. The van der Waals surface area contributed by atoms with Gasteiger partial charge in [-0.2, -0.15) is 10.1 Å². The van der Waals surface area contributed by atoms with E-state index >= 15 is 0 Å². The Hall–Kier alpha value is -4.20. The van der Waals surface area contributed by atoms with Gasteiger partial charge >= 0.3 is 5.97 Å². The Morgan fingerprint density at radius 2 is 2.17 bits per heavy atom. The van der Waals surface area contributed by atoms with E-state index in [0.29, 0.717) is 17.8 Å². The number of hydrogen-bond donors (Lipinski definition) is 3. The van der Waals surface area contributed by atoms with Crippen LogP contribution in [-0.2, 0) is 11.2 Å². The van der Waals surface area contributed by atoms with Crippen molar-refractivity contribution in [3.8, 4) is 0 Å². The molecule has 8 heteroatoms. The highest BCUT2D eigenvalue weighted by Crippen LogP contribution is 2.37. The molecule has 0 fully saturated rings. The first kappa shape index (κ1) is 17.9. The molecule has 0 radical (unpaired) electrons. The number of H-pyrrole nitrogens is 1. The van der Waals surface area contributed by atoms with Crippen LogP contribution in [0.4, 0.5) is 17.5 Å². The normalized spacial score (nSPS) is 12.5. The molecule has 0 saturated heterocycles. The van der Waals surface area contributed by atoms with Crippen molar-refractivity contribution in [1.82, 2.24) is 20.2 Å². The van der Waals surface area contributed by atoms with Crippen LogP contribution in [0.2, 0.25) is 0 Å². The topological polar surface area (TPSA) is 119 Å². The van der Waals surface area contributed by atoms with Crippen molar-refractivity contribution in [3.63, 3.8) is 0 Å². The molecule has 5 rings (SSSR count). The third-order valence-electron chi connectivity index (χ3n) is 5.14. The standard InChI is InChI=1S/C22H18N6O2/c1-30-21(29)16-4-2-3-12-7-13(9-17(12)16)18-10-15(8-14-11-25-28-20(14)18)26-19-5-6-24-22(23)27-19/h2-6,8-11H,7H2,1H3,(H,25,28)(H3,23,24,26,27). The van der Waals surface area contributed by atoms with Crippen LogP contribution in [0.25, 0.3) is 22.6 Å². The number of fused-ring (bicyclic) bond motifs is 2. The van der Waals surface area contributed by atoms with Crippen LogP contribution in [0.3, 0.4) is 0 Å². The smallest absolute Gasteiger partial charge is 0.338 e. The molecular formula is C22H18N6O2. The van der Waals surface area contributed by atoms with Crippen LogP contribution in [0, 0.1) is 0 Å². The summed E-state index contributed by atoms with van der Waals surface area (Å²) in [5, 5.41) is 11.5. The number of rotatable bonds is 4. The summed E-state index contributed by atoms with van der Waals surface area (Å²) in [6.07, 6.45) is 6.13. The minimum absolute atomic E-state index is 0.203. The minimum Gasteiger partial charge on any atom is -0.465 e. The number of nitrogens with zero attached hydrogens (tertiary/aromatic N) is 3. The zero-order valence-corrected chi connectivity index (χ0v) is 16.1. The van der Waals surface area contributed by atoms with E-state index in [-0.39, 0.29) is 11.9 Å². The second kappa shape index (κ2) is 7.00. The Bertz CT molecular complexity index is 1320. The van der Waals surface area contributed by atoms with E-state index in [9.17, 15) is 4.79 Å². The molecule has 30 heavy (non-hydrogen) atoms. The number of hydrogen-bond acceptors (Lipinski definition) is 7. The summed E-state index contributed by atoms with van der Waals surface area (Å²) >= 11 is 0. The van der Waals surface area contributed by atoms with E-state index in [0.717, 1.165) is 38.9 Å². The average molecular weight is 398 g/mol. The summed E-state index contributed by atoms with van der Waals surface area (Å²) in [6, 6.07) is 11.5. The summed E-state index contributed by atoms with van der Waals surface area (Å²) in [6.45, 7) is 0. The molecule has 0 unspecified atom stereocenters. The number of aromatic amines is 1. The van der Waals surface area contributed by atoms with Crippen molar-refractivity contribution in [2.75, 3.05) is 18.2 Å². The van der Waals surface area contributed by atoms with Gasteiger partial charge in [-0.05, 0) is 53.5 Å². The van der Waals surface area contributed by atoms with Crippen molar-refractivity contribution in [3.05, 3.63) is 71.0 Å². The van der Waals surface area contributed by atoms with E-state index in [4.69, 9.17) is 10.5 Å². The van der Waals surface area contributed by atoms with E-state index < -0.39 is 0 Å². The predicted octanol–water partition coefficient (Wildman–Crippen LogP) is 3.56. The zero-order valence-electron chi connectivity index (χ0n) is 16.1. The van der Waals surface area contributed by atoms with Crippen molar-refractivity contribution >= 4 is 46.0 Å². The number of benzene rings is 2. The Morgan fingerprint density at radius 3 is 3.00 bits per heavy atom. The molecule has 0 saturated carbocycles. The van der Waals surface area contributed by atoms with Crippen molar-refractivity contribution in [2.24, 2.45) is 0 Å². The fourth-order valence-corrected chi connectivity index (χ4v) is 3.80. The predicted molar refractivity (Wildman–Crippen MR) is 115 cm³/mol. The third-order valence-corrected chi connectivity index (χ3v) is 5.14. The Balaban J connectivity index is 1.59. The van der Waals surface area contributed by atoms with Crippen molar-refractivity contribution < 1.29 is 9.53 Å². The largest absolute Gasteiger partial charge is 0.465 e. The van der Waals surface area contributed by atoms with Gasteiger partial charge in [0.2, 0.25) is 5.95 Å². The number of ether oxygens (including phenoxy) is 1. The zero-order chi connectivity index (χ0) is 20.7. The molecule has 4 aromatic rings. The van der Waals surface area contributed by atoms with Gasteiger partial charge in [0.15, 0.2) is 0 Å². The molecule has 0 amide bonds. The summed E-state index contributed by atoms with van der Waals surface area (Å²) < 4.78 is 4.94. The SMILES string of the molecule is COC(=O)c1cccc2c1C=C(c1cc(Nc3ccnc(N)n3)cc3cn[nH]c13)C2. The first-order valence-electron chi connectivity index (χ1n) is 9.36. The van der Waals surface area contributed by atoms with E-state index in [2.05, 4.69) is 25.5 Å². The lowest BCUT2D eigenvalue weighted by atomic mass is 10.00. The minimum atomic E-state index is -0.340. The van der Waals surface area contributed by atoms with Gasteiger partial charge in [0, 0.05) is 22.8 Å². The van der Waals surface area contributed by atoms with Crippen LogP contribution in [0.15, 0.2) is 48.8 Å². The molecule has 2 heterocycles. The van der Waals surface area contributed by atoms with Gasteiger partial charge in [0.1, 0.15) is 5.82 Å². The van der Waals surface area contributed by atoms with Crippen LogP contribution in [0.5, 0.6) is 0 Å². The third kappa shape index (κ3) is 3.04. The lowest BCUT2D eigenvalue weighted by Crippen LogP contribution is -2.04. The van der Waals surface area contributed by atoms with Crippen LogP contribution in [-0.4, -0.2) is 33.2 Å². The Labute approximate surface area is 171 Å². The number of nitrogen functional groups attached to an aromatic ring is 1. The second-order valence-corrected chi connectivity index (χ2v) is 7.00. The quantitative estimate of drug-likeness (QED) is 0.450. The lowest BCUT2D eigenvalue weighted by molar-refractivity contribution is 0.0600. The molecular weight excluding hydrogens is 380 g/mol. The van der Waals surface area contributed by atoms with Gasteiger partial charge in [-0.1, -0.05) is 12.1 Å². The lowest BCUT2D eigenvalue weighted by Gasteiger charge is -2.10. The number of carbonyl (C=O) groups excluding carboxylic acids is 1. The Kier molecular flexibility index (Phi) is 4.17. The van der Waals surface area contributed by atoms with Crippen LogP contribution in [0.1, 0.15) is 27.0 Å². The number of carbonyl (C=O) groups is 1. The van der Waals surface area contributed by atoms with Crippen molar-refractivity contribution in [1.29, 1.82) is 0 Å². The molecule has 1 aliphatic carbocycles. The molecule has 0 aliphatic heterocycles. The molecule has 0 bridgehead atoms. The fourth-order valence-electron chi connectivity index (χ4n) is 3.80. The van der Waals surface area contributed by atoms with E-state index in [1.54, 1.807) is 24.5 Å². The Morgan fingerprint density at radius 1 is 1.27 bits per heavy atom. The summed E-state index contributed by atoms with van der Waals surface area (Å²) in [7, 11) is 1.39. The van der Waals surface area contributed by atoms with Gasteiger partial charge < -0.3 is 15.8 Å². The number of nitrogens with two attached hydrogens (primary N) is 1.